The molecule has 0 saturated heterocycles. The Hall–Kier alpha value is -2.80. The van der Waals surface area contributed by atoms with Gasteiger partial charge in [0.15, 0.2) is 0 Å². The lowest BCUT2D eigenvalue weighted by Gasteiger charge is -2.16. The predicted octanol–water partition coefficient (Wildman–Crippen LogP) is 6.92. The summed E-state index contributed by atoms with van der Waals surface area (Å²) >= 11 is 12.4. The van der Waals surface area contributed by atoms with Crippen molar-refractivity contribution in [2.75, 3.05) is 5.32 Å². The number of nitrogens with one attached hydrogen (secondary N) is 1. The Bertz CT molecular complexity index is 1060. The van der Waals surface area contributed by atoms with Gasteiger partial charge in [-0.2, -0.15) is 5.26 Å². The molecular weight excluding hydrogens is 415 g/mol. The van der Waals surface area contributed by atoms with Crippen molar-refractivity contribution in [1.82, 2.24) is 0 Å². The van der Waals surface area contributed by atoms with Gasteiger partial charge < -0.3 is 5.32 Å². The summed E-state index contributed by atoms with van der Waals surface area (Å²) in [6, 6.07) is 23.2. The third-order valence-corrected chi connectivity index (χ3v) is 5.55. The van der Waals surface area contributed by atoms with E-state index in [2.05, 4.69) is 23.5 Å². The van der Waals surface area contributed by atoms with Crippen molar-refractivity contribution in [1.29, 1.82) is 5.26 Å². The molecule has 0 saturated carbocycles. The van der Waals surface area contributed by atoms with Crippen LogP contribution in [0.3, 0.4) is 0 Å². The van der Waals surface area contributed by atoms with Crippen LogP contribution in [0.1, 0.15) is 41.0 Å². The summed E-state index contributed by atoms with van der Waals surface area (Å²) < 4.78 is 0. The SMILES string of the molecule is Cc1cc([C@@H](C#N)c2ccc(Cl)cc2)c(Cl)cc1NC(=O)CCCc1ccccc1. The van der Waals surface area contributed by atoms with E-state index in [4.69, 9.17) is 23.2 Å². The third-order valence-electron chi connectivity index (χ3n) is 4.97. The average Bonchev–Trinajstić information content (AvgIpc) is 2.74. The van der Waals surface area contributed by atoms with Gasteiger partial charge in [0, 0.05) is 22.2 Å². The Morgan fingerprint density at radius 1 is 1.07 bits per heavy atom. The Morgan fingerprint density at radius 2 is 1.77 bits per heavy atom. The van der Waals surface area contributed by atoms with Gasteiger partial charge in [-0.05, 0) is 60.2 Å². The molecule has 0 radical (unpaired) electrons. The number of benzene rings is 3. The van der Waals surface area contributed by atoms with E-state index in [1.54, 1.807) is 18.2 Å². The fourth-order valence-corrected chi connectivity index (χ4v) is 3.75. The van der Waals surface area contributed by atoms with Gasteiger partial charge in [-0.15, -0.1) is 0 Å². The van der Waals surface area contributed by atoms with E-state index in [0.29, 0.717) is 27.7 Å². The average molecular weight is 437 g/mol. The number of carbonyl (C=O) groups excluding carboxylic acids is 1. The maximum atomic E-state index is 12.4. The molecule has 3 aromatic carbocycles. The van der Waals surface area contributed by atoms with E-state index >= 15 is 0 Å². The summed E-state index contributed by atoms with van der Waals surface area (Å²) in [7, 11) is 0. The molecule has 0 bridgehead atoms. The molecule has 3 nitrogen and oxygen atoms in total. The Labute approximate surface area is 187 Å². The maximum absolute atomic E-state index is 12.4. The predicted molar refractivity (Wildman–Crippen MR) is 123 cm³/mol. The molecule has 0 aliphatic heterocycles. The second-order valence-corrected chi connectivity index (χ2v) is 8.03. The van der Waals surface area contributed by atoms with Gasteiger partial charge in [0.25, 0.3) is 0 Å². The van der Waals surface area contributed by atoms with Crippen LogP contribution in [0.15, 0.2) is 66.7 Å². The summed E-state index contributed by atoms with van der Waals surface area (Å²) in [5.41, 5.74) is 4.28. The van der Waals surface area contributed by atoms with Crippen molar-refractivity contribution in [2.45, 2.75) is 32.1 Å². The van der Waals surface area contributed by atoms with Gasteiger partial charge in [0.2, 0.25) is 5.91 Å². The lowest BCUT2D eigenvalue weighted by molar-refractivity contribution is -0.116. The molecule has 0 spiro atoms. The minimum Gasteiger partial charge on any atom is -0.326 e. The summed E-state index contributed by atoms with van der Waals surface area (Å²) in [6.45, 7) is 1.90. The molecular formula is C25H22Cl2N2O. The highest BCUT2D eigenvalue weighted by atomic mass is 35.5. The first-order chi connectivity index (χ1) is 14.5. The van der Waals surface area contributed by atoms with Crippen molar-refractivity contribution < 1.29 is 4.79 Å². The van der Waals surface area contributed by atoms with Gasteiger partial charge in [0.05, 0.1) is 12.0 Å². The number of nitriles is 1. The third kappa shape index (κ3) is 5.63. The highest BCUT2D eigenvalue weighted by molar-refractivity contribution is 6.32. The quantitative estimate of drug-likeness (QED) is 0.436. The van der Waals surface area contributed by atoms with Crippen LogP contribution in [0.2, 0.25) is 10.0 Å². The number of nitrogens with zero attached hydrogens (tertiary/aromatic N) is 1. The zero-order chi connectivity index (χ0) is 21.5. The van der Waals surface area contributed by atoms with E-state index < -0.39 is 5.92 Å². The molecule has 0 aliphatic rings. The van der Waals surface area contributed by atoms with E-state index in [9.17, 15) is 10.1 Å². The topological polar surface area (TPSA) is 52.9 Å². The van der Waals surface area contributed by atoms with Crippen molar-refractivity contribution in [2.24, 2.45) is 0 Å². The van der Waals surface area contributed by atoms with Crippen molar-refractivity contribution in [3.63, 3.8) is 0 Å². The molecule has 152 valence electrons. The molecule has 0 unspecified atom stereocenters. The van der Waals surface area contributed by atoms with Crippen LogP contribution in [0.4, 0.5) is 5.69 Å². The van der Waals surface area contributed by atoms with Crippen LogP contribution in [0.25, 0.3) is 0 Å². The minimum atomic E-state index is -0.510. The smallest absolute Gasteiger partial charge is 0.224 e. The van der Waals surface area contributed by atoms with E-state index in [1.165, 1.54) is 5.56 Å². The van der Waals surface area contributed by atoms with E-state index in [0.717, 1.165) is 24.0 Å². The van der Waals surface area contributed by atoms with Crippen LogP contribution < -0.4 is 5.32 Å². The zero-order valence-corrected chi connectivity index (χ0v) is 18.2. The maximum Gasteiger partial charge on any atom is 0.224 e. The van der Waals surface area contributed by atoms with Crippen LogP contribution in [0.5, 0.6) is 0 Å². The highest BCUT2D eigenvalue weighted by Gasteiger charge is 2.19. The second-order valence-electron chi connectivity index (χ2n) is 7.19. The van der Waals surface area contributed by atoms with Gasteiger partial charge >= 0.3 is 0 Å². The number of aryl methyl sites for hydroxylation is 2. The van der Waals surface area contributed by atoms with Crippen molar-refractivity contribution in [3.8, 4) is 6.07 Å². The number of hydrogen-bond acceptors (Lipinski definition) is 2. The largest absolute Gasteiger partial charge is 0.326 e. The highest BCUT2D eigenvalue weighted by Crippen LogP contribution is 2.34. The molecule has 5 heteroatoms. The molecule has 1 atom stereocenters. The number of halogens is 2. The first kappa shape index (κ1) is 21.9. The van der Waals surface area contributed by atoms with Crippen LogP contribution >= 0.6 is 23.2 Å². The van der Waals surface area contributed by atoms with Gasteiger partial charge in [-0.1, -0.05) is 71.7 Å². The summed E-state index contributed by atoms with van der Waals surface area (Å²) in [5, 5.41) is 13.7. The lowest BCUT2D eigenvalue weighted by atomic mass is 9.91. The van der Waals surface area contributed by atoms with Crippen molar-refractivity contribution in [3.05, 3.63) is 99.0 Å². The first-order valence-electron chi connectivity index (χ1n) is 9.77. The number of amides is 1. The number of anilines is 1. The lowest BCUT2D eigenvalue weighted by Crippen LogP contribution is -2.13. The standard InChI is InChI=1S/C25H22Cl2N2O/c1-17-14-21(22(16-28)19-10-12-20(26)13-11-19)23(27)15-24(17)29-25(30)9-5-8-18-6-3-2-4-7-18/h2-4,6-7,10-15,22H,5,8-9H2,1H3,(H,29,30)/t22-/m0/s1. The molecule has 3 rings (SSSR count). The number of carbonyl (C=O) groups is 1. The molecule has 0 fully saturated rings. The second kappa shape index (κ2) is 10.3. The first-order valence-corrected chi connectivity index (χ1v) is 10.5. The Morgan fingerprint density at radius 3 is 2.43 bits per heavy atom. The van der Waals surface area contributed by atoms with Crippen LogP contribution in [-0.2, 0) is 11.2 Å². The molecule has 3 aromatic rings. The summed E-state index contributed by atoms with van der Waals surface area (Å²) in [6.07, 6.45) is 2.06. The number of rotatable bonds is 7. The van der Waals surface area contributed by atoms with E-state index in [-0.39, 0.29) is 5.91 Å². The molecule has 30 heavy (non-hydrogen) atoms. The van der Waals surface area contributed by atoms with Crippen molar-refractivity contribution >= 4 is 34.8 Å². The fraction of sp³-hybridized carbons (Fsp3) is 0.200. The summed E-state index contributed by atoms with van der Waals surface area (Å²) in [5.74, 6) is -0.559. The van der Waals surface area contributed by atoms with Gasteiger partial charge in [0.1, 0.15) is 0 Å². The number of hydrogen-bond donors (Lipinski definition) is 1. The molecule has 1 amide bonds. The van der Waals surface area contributed by atoms with Gasteiger partial charge in [-0.25, -0.2) is 0 Å². The van der Waals surface area contributed by atoms with Crippen LogP contribution in [0, 0.1) is 18.3 Å². The molecule has 0 heterocycles. The molecule has 0 aliphatic carbocycles. The normalized spacial score (nSPS) is 11.5. The Kier molecular flexibility index (Phi) is 7.52. The fourth-order valence-electron chi connectivity index (χ4n) is 3.35. The van der Waals surface area contributed by atoms with Gasteiger partial charge in [-0.3, -0.25) is 4.79 Å². The monoisotopic (exact) mass is 436 g/mol. The summed E-state index contributed by atoms with van der Waals surface area (Å²) in [4.78, 5) is 12.4. The zero-order valence-electron chi connectivity index (χ0n) is 16.7. The van der Waals surface area contributed by atoms with E-state index in [1.807, 2.05) is 43.3 Å². The Balaban J connectivity index is 1.68. The minimum absolute atomic E-state index is 0.0487. The molecule has 0 aromatic heterocycles. The molecule has 1 N–H and O–H groups in total. The van der Waals surface area contributed by atoms with Crippen LogP contribution in [-0.4, -0.2) is 5.91 Å².